The second-order valence-electron chi connectivity index (χ2n) is 6.00. The van der Waals surface area contributed by atoms with E-state index in [1.807, 2.05) is 0 Å². The van der Waals surface area contributed by atoms with Gasteiger partial charge in [-0.05, 0) is 37.1 Å². The number of methoxy groups -OCH3 is 1. The van der Waals surface area contributed by atoms with Crippen molar-refractivity contribution in [1.29, 1.82) is 0 Å². The Kier molecular flexibility index (Phi) is 4.85. The summed E-state index contributed by atoms with van der Waals surface area (Å²) < 4.78 is 58.6. The molecule has 9 heteroatoms. The Hall–Kier alpha value is -2.26. The van der Waals surface area contributed by atoms with Crippen LogP contribution in [0, 0.1) is 6.92 Å². The van der Waals surface area contributed by atoms with E-state index in [0.717, 1.165) is 0 Å². The minimum atomic E-state index is -3.76. The lowest BCUT2D eigenvalue weighted by atomic mass is 10.2. The number of ether oxygens (including phenoxy) is 1. The molecule has 1 aliphatic heterocycles. The summed E-state index contributed by atoms with van der Waals surface area (Å²) >= 11 is 0. The van der Waals surface area contributed by atoms with E-state index in [2.05, 4.69) is 4.72 Å². The summed E-state index contributed by atoms with van der Waals surface area (Å²) in [5.74, 6) is 0.387. The second-order valence-corrected chi connectivity index (χ2v) is 9.66. The van der Waals surface area contributed by atoms with Crippen LogP contribution in [0.15, 0.2) is 47.4 Å². The molecule has 0 radical (unpaired) electrons. The summed E-state index contributed by atoms with van der Waals surface area (Å²) in [6.45, 7) is 2.10. The van der Waals surface area contributed by atoms with E-state index < -0.39 is 20.0 Å². The Labute approximate surface area is 153 Å². The normalized spacial score (nSPS) is 16.5. The first-order chi connectivity index (χ1) is 12.2. The van der Waals surface area contributed by atoms with Crippen LogP contribution in [0.3, 0.4) is 0 Å². The fourth-order valence-electron chi connectivity index (χ4n) is 2.93. The van der Waals surface area contributed by atoms with Crippen molar-refractivity contribution in [2.45, 2.75) is 18.2 Å². The molecule has 0 spiro atoms. The molecule has 1 heterocycles. The van der Waals surface area contributed by atoms with Gasteiger partial charge in [-0.2, -0.15) is 0 Å². The number of nitrogens with one attached hydrogen (secondary N) is 1. The molecule has 0 aliphatic carbocycles. The van der Waals surface area contributed by atoms with Gasteiger partial charge >= 0.3 is 0 Å². The highest BCUT2D eigenvalue weighted by molar-refractivity contribution is 7.93. The van der Waals surface area contributed by atoms with Crippen LogP contribution in [0.4, 0.5) is 11.4 Å². The number of hydrogen-bond acceptors (Lipinski definition) is 5. The zero-order chi connectivity index (χ0) is 18.9. The lowest BCUT2D eigenvalue weighted by Gasteiger charge is -2.20. The zero-order valence-electron chi connectivity index (χ0n) is 14.5. The molecule has 2 aromatic rings. The van der Waals surface area contributed by atoms with Crippen LogP contribution >= 0.6 is 0 Å². The van der Waals surface area contributed by atoms with E-state index >= 15 is 0 Å². The molecule has 0 bridgehead atoms. The maximum absolute atomic E-state index is 12.6. The standard InChI is InChI=1S/C17H20N2O5S2/c1-13-6-3-4-7-17(13)26(22,23)18-14-8-9-15(16(12-14)24-2)19-10-5-11-25(19,20)21/h3-4,6-9,12,18H,5,10-11H2,1-2H3. The van der Waals surface area contributed by atoms with Crippen LogP contribution in [0.1, 0.15) is 12.0 Å². The molecular formula is C17H20N2O5S2. The molecule has 0 atom stereocenters. The van der Waals surface area contributed by atoms with Crippen molar-refractivity contribution < 1.29 is 21.6 Å². The maximum atomic E-state index is 12.6. The van der Waals surface area contributed by atoms with Crippen LogP contribution in [0.5, 0.6) is 5.75 Å². The summed E-state index contributed by atoms with van der Waals surface area (Å²) in [7, 11) is -5.70. The minimum Gasteiger partial charge on any atom is -0.494 e. The van der Waals surface area contributed by atoms with Crippen molar-refractivity contribution >= 4 is 31.4 Å². The van der Waals surface area contributed by atoms with Crippen LogP contribution < -0.4 is 13.8 Å². The van der Waals surface area contributed by atoms with Crippen molar-refractivity contribution in [3.8, 4) is 5.75 Å². The van der Waals surface area contributed by atoms with E-state index in [4.69, 9.17) is 4.74 Å². The highest BCUT2D eigenvalue weighted by Crippen LogP contribution is 2.35. The molecule has 3 rings (SSSR count). The first kappa shape index (κ1) is 18.5. The van der Waals surface area contributed by atoms with Gasteiger partial charge < -0.3 is 4.74 Å². The Balaban J connectivity index is 1.94. The highest BCUT2D eigenvalue weighted by atomic mass is 32.2. The van der Waals surface area contributed by atoms with Crippen molar-refractivity contribution in [2.24, 2.45) is 0 Å². The third-order valence-corrected chi connectivity index (χ3v) is 7.58. The first-order valence-electron chi connectivity index (χ1n) is 8.01. The summed E-state index contributed by atoms with van der Waals surface area (Å²) in [6, 6.07) is 11.2. The van der Waals surface area contributed by atoms with Crippen molar-refractivity contribution in [1.82, 2.24) is 0 Å². The lowest BCUT2D eigenvalue weighted by molar-refractivity contribution is 0.416. The molecule has 1 aliphatic rings. The second kappa shape index (κ2) is 6.81. The van der Waals surface area contributed by atoms with Gasteiger partial charge in [0.1, 0.15) is 5.75 Å². The summed E-state index contributed by atoms with van der Waals surface area (Å²) in [5, 5.41) is 0. The fraction of sp³-hybridized carbons (Fsp3) is 0.294. The van der Waals surface area contributed by atoms with Gasteiger partial charge in [-0.15, -0.1) is 0 Å². The highest BCUT2D eigenvalue weighted by Gasteiger charge is 2.30. The molecule has 2 aromatic carbocycles. The molecule has 0 aromatic heterocycles. The molecule has 7 nitrogen and oxygen atoms in total. The number of anilines is 2. The number of aryl methyl sites for hydroxylation is 1. The van der Waals surface area contributed by atoms with Gasteiger partial charge in [-0.3, -0.25) is 9.03 Å². The molecule has 1 N–H and O–H groups in total. The number of sulfonamides is 2. The number of rotatable bonds is 5. The molecule has 0 amide bonds. The van der Waals surface area contributed by atoms with Gasteiger partial charge in [-0.1, -0.05) is 18.2 Å². The monoisotopic (exact) mass is 396 g/mol. The number of nitrogens with zero attached hydrogens (tertiary/aromatic N) is 1. The Morgan fingerprint density at radius 2 is 1.88 bits per heavy atom. The van der Waals surface area contributed by atoms with Gasteiger partial charge in [0.2, 0.25) is 10.0 Å². The third kappa shape index (κ3) is 3.49. The zero-order valence-corrected chi connectivity index (χ0v) is 16.1. The molecule has 1 fully saturated rings. The SMILES string of the molecule is COc1cc(NS(=O)(=O)c2ccccc2C)ccc1N1CCCS1(=O)=O. The van der Waals surface area contributed by atoms with E-state index in [0.29, 0.717) is 35.7 Å². The molecule has 0 saturated carbocycles. The molecule has 1 saturated heterocycles. The molecule has 140 valence electrons. The van der Waals surface area contributed by atoms with Crippen LogP contribution in [0.2, 0.25) is 0 Å². The van der Waals surface area contributed by atoms with Gasteiger partial charge in [0.25, 0.3) is 10.0 Å². The average molecular weight is 396 g/mol. The predicted molar refractivity (Wildman–Crippen MR) is 101 cm³/mol. The Bertz CT molecular complexity index is 1030. The van der Waals surface area contributed by atoms with Gasteiger partial charge in [0.15, 0.2) is 0 Å². The average Bonchev–Trinajstić information content (AvgIpc) is 2.93. The summed E-state index contributed by atoms with van der Waals surface area (Å²) in [6.07, 6.45) is 0.549. The molecular weight excluding hydrogens is 376 g/mol. The first-order valence-corrected chi connectivity index (χ1v) is 11.1. The van der Waals surface area contributed by atoms with Gasteiger partial charge in [0.05, 0.1) is 29.1 Å². The number of hydrogen-bond donors (Lipinski definition) is 1. The maximum Gasteiger partial charge on any atom is 0.262 e. The van der Waals surface area contributed by atoms with Crippen LogP contribution in [-0.4, -0.2) is 36.2 Å². The van der Waals surface area contributed by atoms with Crippen LogP contribution in [0.25, 0.3) is 0 Å². The fourth-order valence-corrected chi connectivity index (χ4v) is 5.79. The molecule has 0 unspecified atom stereocenters. The lowest BCUT2D eigenvalue weighted by Crippen LogP contribution is -2.25. The van der Waals surface area contributed by atoms with Crippen LogP contribution in [-0.2, 0) is 20.0 Å². The quantitative estimate of drug-likeness (QED) is 0.837. The Morgan fingerprint density at radius 3 is 2.50 bits per heavy atom. The van der Waals surface area contributed by atoms with E-state index in [1.54, 1.807) is 31.2 Å². The van der Waals surface area contributed by atoms with Gasteiger partial charge in [-0.25, -0.2) is 16.8 Å². The minimum absolute atomic E-state index is 0.0951. The van der Waals surface area contributed by atoms with E-state index in [-0.39, 0.29) is 10.6 Å². The predicted octanol–water partition coefficient (Wildman–Crippen LogP) is 2.34. The van der Waals surface area contributed by atoms with Crippen molar-refractivity contribution in [3.63, 3.8) is 0 Å². The number of benzene rings is 2. The van der Waals surface area contributed by atoms with Crippen molar-refractivity contribution in [3.05, 3.63) is 48.0 Å². The summed E-state index contributed by atoms with van der Waals surface area (Å²) in [4.78, 5) is 0.185. The Morgan fingerprint density at radius 1 is 1.15 bits per heavy atom. The summed E-state index contributed by atoms with van der Waals surface area (Å²) in [5.41, 5.74) is 1.33. The largest absolute Gasteiger partial charge is 0.494 e. The molecule has 26 heavy (non-hydrogen) atoms. The van der Waals surface area contributed by atoms with Crippen molar-refractivity contribution in [2.75, 3.05) is 28.4 Å². The van der Waals surface area contributed by atoms with Gasteiger partial charge in [0, 0.05) is 12.6 Å². The van der Waals surface area contributed by atoms with E-state index in [9.17, 15) is 16.8 Å². The third-order valence-electron chi connectivity index (χ3n) is 4.18. The smallest absolute Gasteiger partial charge is 0.262 e. The van der Waals surface area contributed by atoms with E-state index in [1.165, 1.54) is 29.6 Å². The topological polar surface area (TPSA) is 92.8 Å².